The Kier molecular flexibility index (Phi) is 11.1. The molecule has 1 unspecified atom stereocenters. The van der Waals surface area contributed by atoms with Crippen molar-refractivity contribution in [2.75, 3.05) is 27.3 Å². The Bertz CT molecular complexity index is 2470. The minimum absolute atomic E-state index is 0.116. The van der Waals surface area contributed by atoms with Crippen LogP contribution in [0.5, 0.6) is 0 Å². The van der Waals surface area contributed by atoms with Crippen LogP contribution in [0.2, 0.25) is 0 Å². The molecule has 0 saturated carbocycles. The van der Waals surface area contributed by atoms with Crippen LogP contribution in [0.4, 0.5) is 9.59 Å². The van der Waals surface area contributed by atoms with Gasteiger partial charge in [0, 0.05) is 30.8 Å². The number of hydrogen-bond donors (Lipinski definition) is 4. The van der Waals surface area contributed by atoms with Gasteiger partial charge in [-0.3, -0.25) is 9.59 Å². The summed E-state index contributed by atoms with van der Waals surface area (Å²) in [5, 5.41) is 5.37. The summed E-state index contributed by atoms with van der Waals surface area (Å²) in [6.07, 6.45) is 7.64. The van der Waals surface area contributed by atoms with Gasteiger partial charge in [0.25, 0.3) is 5.91 Å². The third-order valence-electron chi connectivity index (χ3n) is 10.7. The number of imidazole rings is 2. The number of furan rings is 1. The topological polar surface area (TPSA) is 188 Å². The zero-order valence-corrected chi connectivity index (χ0v) is 33.7. The van der Waals surface area contributed by atoms with E-state index >= 15 is 0 Å². The van der Waals surface area contributed by atoms with Crippen LogP contribution in [-0.2, 0) is 19.1 Å². The molecule has 304 valence electrons. The van der Waals surface area contributed by atoms with Gasteiger partial charge in [-0.1, -0.05) is 80.6 Å². The number of hydrogen-bond acceptors (Lipinski definition) is 10. The number of carbonyl (C=O) groups is 4. The molecule has 1 saturated heterocycles. The van der Waals surface area contributed by atoms with Crippen LogP contribution in [-0.4, -0.2) is 87.1 Å². The molecule has 0 bridgehead atoms. The van der Waals surface area contributed by atoms with Gasteiger partial charge in [-0.2, -0.15) is 0 Å². The van der Waals surface area contributed by atoms with Crippen molar-refractivity contribution in [2.24, 2.45) is 5.92 Å². The molecule has 4 N–H and O–H groups in total. The van der Waals surface area contributed by atoms with Crippen molar-refractivity contribution in [2.45, 2.75) is 50.9 Å². The summed E-state index contributed by atoms with van der Waals surface area (Å²) in [4.78, 5) is 72.1. The highest BCUT2D eigenvalue weighted by Crippen LogP contribution is 2.40. The van der Waals surface area contributed by atoms with Gasteiger partial charge in [0.1, 0.15) is 41.1 Å². The lowest BCUT2D eigenvalue weighted by Crippen LogP contribution is -2.51. The molecule has 4 amide bonds. The molecular formula is C43H44N8O7S. The van der Waals surface area contributed by atoms with Crippen LogP contribution < -0.4 is 10.6 Å². The molecule has 2 aromatic carbocycles. The van der Waals surface area contributed by atoms with E-state index in [0.29, 0.717) is 30.3 Å². The van der Waals surface area contributed by atoms with Crippen LogP contribution >= 0.6 is 11.3 Å². The highest BCUT2D eigenvalue weighted by Gasteiger charge is 2.38. The Balaban J connectivity index is 0.937. The Morgan fingerprint density at radius 3 is 2.27 bits per heavy atom. The van der Waals surface area contributed by atoms with Crippen molar-refractivity contribution in [3.8, 4) is 33.2 Å². The fourth-order valence-electron chi connectivity index (χ4n) is 7.64. The molecule has 4 aromatic heterocycles. The molecule has 1 fully saturated rings. The van der Waals surface area contributed by atoms with Gasteiger partial charge in [-0.05, 0) is 29.9 Å². The molecule has 6 aromatic rings. The number of methoxy groups -OCH3 is 2. The summed E-state index contributed by atoms with van der Waals surface area (Å²) in [5.74, 6) is 1.49. The summed E-state index contributed by atoms with van der Waals surface area (Å²) in [5.41, 5.74) is 4.85. The predicted octanol–water partition coefficient (Wildman–Crippen LogP) is 7.52. The highest BCUT2D eigenvalue weighted by atomic mass is 32.1. The Morgan fingerprint density at radius 1 is 0.847 bits per heavy atom. The summed E-state index contributed by atoms with van der Waals surface area (Å²) in [7, 11) is 2.55. The van der Waals surface area contributed by atoms with Crippen LogP contribution in [0.1, 0.15) is 62.0 Å². The minimum Gasteiger partial charge on any atom is -0.455 e. The zero-order chi connectivity index (χ0) is 41.2. The molecule has 16 heteroatoms. The van der Waals surface area contributed by atoms with E-state index in [-0.39, 0.29) is 23.8 Å². The third kappa shape index (κ3) is 7.95. The molecule has 15 nitrogen and oxygen atoms in total. The fourth-order valence-corrected chi connectivity index (χ4v) is 8.63. The Hall–Kier alpha value is -6.68. The second-order valence-corrected chi connectivity index (χ2v) is 15.9. The number of alkyl carbamates (subject to hydrolysis) is 2. The second kappa shape index (κ2) is 16.7. The van der Waals surface area contributed by atoms with Crippen molar-refractivity contribution >= 4 is 45.6 Å². The van der Waals surface area contributed by atoms with Crippen molar-refractivity contribution in [3.05, 3.63) is 108 Å². The summed E-state index contributed by atoms with van der Waals surface area (Å²) in [6.45, 7) is 4.74. The molecule has 6 heterocycles. The first-order chi connectivity index (χ1) is 28.6. The summed E-state index contributed by atoms with van der Waals surface area (Å²) in [6, 6.07) is 18.8. The van der Waals surface area contributed by atoms with Gasteiger partial charge < -0.3 is 44.3 Å². The molecule has 59 heavy (non-hydrogen) atoms. The molecule has 2 aliphatic heterocycles. The van der Waals surface area contributed by atoms with Gasteiger partial charge in [0.2, 0.25) is 5.91 Å². The molecular weight excluding hydrogens is 773 g/mol. The molecule has 0 spiro atoms. The number of aromatic amines is 2. The third-order valence-corrected chi connectivity index (χ3v) is 11.8. The van der Waals surface area contributed by atoms with Crippen LogP contribution in [0, 0.1) is 5.92 Å². The summed E-state index contributed by atoms with van der Waals surface area (Å²) < 4.78 is 16.9. The number of ether oxygens (including phenoxy) is 2. The van der Waals surface area contributed by atoms with Crippen LogP contribution in [0.3, 0.4) is 0 Å². The number of likely N-dealkylation sites (tertiary alicyclic amines) is 1. The number of benzene rings is 2. The average molecular weight is 817 g/mol. The zero-order valence-electron chi connectivity index (χ0n) is 32.9. The van der Waals surface area contributed by atoms with E-state index in [1.807, 2.05) is 80.6 Å². The minimum atomic E-state index is -0.927. The maximum Gasteiger partial charge on any atom is 0.407 e. The highest BCUT2D eigenvalue weighted by molar-refractivity contribution is 7.22. The molecule has 0 aliphatic carbocycles. The number of nitrogens with zero attached hydrogens (tertiary/aromatic N) is 4. The second-order valence-electron chi connectivity index (χ2n) is 14.8. The van der Waals surface area contributed by atoms with Gasteiger partial charge in [-0.25, -0.2) is 19.6 Å². The average Bonchev–Trinajstić information content (AvgIpc) is 4.10. The lowest BCUT2D eigenvalue weighted by molar-refractivity contribution is -0.135. The van der Waals surface area contributed by atoms with Crippen molar-refractivity contribution in [3.63, 3.8) is 0 Å². The predicted molar refractivity (Wildman–Crippen MR) is 221 cm³/mol. The SMILES string of the molecule is COC(=O)NC(C(=O)N1CCC[C@H]1c1ncc(-c2cc3oc(-c4ccc(-c5cnc([C@@H]6C=CCN6C(=O)[C@H](NC(=O)OC)c6ccccc6)[nH]5)cc4)cc3s2)[nH]1)C(C)C. The van der Waals surface area contributed by atoms with Crippen LogP contribution in [0.15, 0.2) is 95.7 Å². The number of nitrogens with one attached hydrogen (secondary N) is 4. The normalized spacial score (nSPS) is 17.4. The van der Waals surface area contributed by atoms with E-state index in [1.54, 1.807) is 45.7 Å². The largest absolute Gasteiger partial charge is 0.455 e. The van der Waals surface area contributed by atoms with E-state index < -0.39 is 30.3 Å². The van der Waals surface area contributed by atoms with Gasteiger partial charge in [0.15, 0.2) is 0 Å². The van der Waals surface area contributed by atoms with E-state index in [1.165, 1.54) is 14.2 Å². The van der Waals surface area contributed by atoms with E-state index in [9.17, 15) is 19.2 Å². The standard InChI is InChI=1S/C43H44N8O7S/c1-24(2)36(48-42(54)56-3)40(52)50-18-8-13-31(50)39-45-23-29(47-39)34-21-33-35(59-34)20-32(58-33)26-16-14-25(15-17-26)28-22-44-38(46-28)30-12-9-19-51(30)41(53)37(49-43(55)57-4)27-10-6-5-7-11-27/h5-7,9-12,14-17,20-24,30-31,36-37H,8,13,18-19H2,1-4H3,(H,44,46)(H,45,47)(H,48,54)(H,49,55)/t30-,31-,36?,37+/m0/s1. The van der Waals surface area contributed by atoms with Gasteiger partial charge >= 0.3 is 12.2 Å². The number of H-pyrrole nitrogens is 2. The lowest BCUT2D eigenvalue weighted by Gasteiger charge is -2.30. The molecule has 8 rings (SSSR count). The quantitative estimate of drug-likeness (QED) is 0.0960. The van der Waals surface area contributed by atoms with Crippen molar-refractivity contribution in [1.82, 2.24) is 40.4 Å². The first-order valence-electron chi connectivity index (χ1n) is 19.4. The van der Waals surface area contributed by atoms with E-state index in [4.69, 9.17) is 13.9 Å². The van der Waals surface area contributed by atoms with E-state index in [0.717, 1.165) is 56.3 Å². The molecule has 0 radical (unpaired) electrons. The van der Waals surface area contributed by atoms with Crippen molar-refractivity contribution < 1.29 is 33.1 Å². The monoisotopic (exact) mass is 816 g/mol. The Labute approximate surface area is 343 Å². The number of amides is 4. The first kappa shape index (κ1) is 39.2. The number of rotatable bonds is 11. The van der Waals surface area contributed by atoms with Gasteiger partial charge in [-0.15, -0.1) is 11.3 Å². The maximum atomic E-state index is 13.9. The number of aromatic nitrogens is 4. The lowest BCUT2D eigenvalue weighted by atomic mass is 10.0. The smallest absolute Gasteiger partial charge is 0.407 e. The fraction of sp³-hybridized carbons (Fsp3) is 0.302. The maximum absolute atomic E-state index is 13.9. The van der Waals surface area contributed by atoms with E-state index in [2.05, 4.69) is 30.6 Å². The molecule has 4 atom stereocenters. The number of fused-ring (bicyclic) bond motifs is 1. The summed E-state index contributed by atoms with van der Waals surface area (Å²) >= 11 is 1.59. The van der Waals surface area contributed by atoms with Gasteiger partial charge in [0.05, 0.1) is 53.6 Å². The number of carbonyl (C=O) groups excluding carboxylic acids is 4. The molecule has 2 aliphatic rings. The Morgan fingerprint density at radius 2 is 1.54 bits per heavy atom. The first-order valence-corrected chi connectivity index (χ1v) is 20.2. The number of thiophene rings is 1. The van der Waals surface area contributed by atoms with Crippen LogP contribution in [0.25, 0.3) is 43.4 Å². The van der Waals surface area contributed by atoms with Crippen molar-refractivity contribution in [1.29, 1.82) is 0 Å².